The van der Waals surface area contributed by atoms with Gasteiger partial charge in [0, 0.05) is 44.6 Å². The minimum Gasteiger partial charge on any atom is -0.332 e. The minimum absolute atomic E-state index is 0.0734. The predicted molar refractivity (Wildman–Crippen MR) is 155 cm³/mol. The molecule has 0 radical (unpaired) electrons. The van der Waals surface area contributed by atoms with E-state index in [4.69, 9.17) is 0 Å². The van der Waals surface area contributed by atoms with E-state index < -0.39 is 0 Å². The van der Waals surface area contributed by atoms with Gasteiger partial charge in [0.05, 0.1) is 24.0 Å². The Hall–Kier alpha value is -4.97. The van der Waals surface area contributed by atoms with Crippen molar-refractivity contribution in [3.8, 4) is 0 Å². The summed E-state index contributed by atoms with van der Waals surface area (Å²) in [7, 11) is 0. The Labute approximate surface area is 229 Å². The fourth-order valence-electron chi connectivity index (χ4n) is 4.29. The smallest absolute Gasteiger partial charge is 0.247 e. The first kappa shape index (κ1) is 25.7. The van der Waals surface area contributed by atoms with Crippen molar-refractivity contribution in [2.24, 2.45) is 0 Å². The standard InChI is InChI=1S/C33H31N5O/c39-33(19-18-32-25-37(27-35-32)22-29-13-6-2-7-14-29)38(23-30-15-8-3-9-16-30)20-10-17-31-24-36(26-34-31)21-28-11-4-1-5-12-28/h1-19,24-27H,20-23H2/b17-10+,19-18+. The van der Waals surface area contributed by atoms with Crippen LogP contribution in [-0.4, -0.2) is 36.5 Å². The second-order valence-electron chi connectivity index (χ2n) is 9.35. The van der Waals surface area contributed by atoms with Gasteiger partial charge in [-0.3, -0.25) is 4.79 Å². The average molecular weight is 514 g/mol. The van der Waals surface area contributed by atoms with Gasteiger partial charge in [0.1, 0.15) is 0 Å². The molecule has 0 aliphatic rings. The van der Waals surface area contributed by atoms with Crippen molar-refractivity contribution in [3.05, 3.63) is 156 Å². The highest BCUT2D eigenvalue weighted by molar-refractivity contribution is 5.91. The van der Waals surface area contributed by atoms with E-state index in [1.54, 1.807) is 18.5 Å². The monoisotopic (exact) mass is 513 g/mol. The van der Waals surface area contributed by atoms with E-state index in [1.807, 2.05) is 107 Å². The van der Waals surface area contributed by atoms with Gasteiger partial charge in [-0.25, -0.2) is 9.97 Å². The molecule has 39 heavy (non-hydrogen) atoms. The van der Waals surface area contributed by atoms with Gasteiger partial charge in [-0.05, 0) is 28.8 Å². The molecule has 0 aliphatic carbocycles. The molecular weight excluding hydrogens is 482 g/mol. The van der Waals surface area contributed by atoms with Crippen LogP contribution in [0.2, 0.25) is 0 Å². The van der Waals surface area contributed by atoms with Gasteiger partial charge in [-0.2, -0.15) is 0 Å². The summed E-state index contributed by atoms with van der Waals surface area (Å²) in [6.07, 6.45) is 14.9. The van der Waals surface area contributed by atoms with Crippen molar-refractivity contribution >= 4 is 18.1 Å². The Bertz CT molecular complexity index is 1520. The summed E-state index contributed by atoms with van der Waals surface area (Å²) in [6.45, 7) is 2.49. The van der Waals surface area contributed by atoms with Gasteiger partial charge in [-0.1, -0.05) is 97.1 Å². The number of benzene rings is 3. The topological polar surface area (TPSA) is 56.0 Å². The normalized spacial score (nSPS) is 11.4. The van der Waals surface area contributed by atoms with Crippen LogP contribution >= 0.6 is 0 Å². The molecule has 0 spiro atoms. The van der Waals surface area contributed by atoms with E-state index in [-0.39, 0.29) is 5.91 Å². The van der Waals surface area contributed by atoms with E-state index in [0.29, 0.717) is 13.1 Å². The Morgan fingerprint density at radius 3 is 1.69 bits per heavy atom. The molecule has 6 heteroatoms. The average Bonchev–Trinajstić information content (AvgIpc) is 3.62. The summed E-state index contributed by atoms with van der Waals surface area (Å²) in [5.41, 5.74) is 5.11. The van der Waals surface area contributed by atoms with Crippen molar-refractivity contribution in [1.29, 1.82) is 0 Å². The van der Waals surface area contributed by atoms with Crippen LogP contribution in [0.25, 0.3) is 12.2 Å². The van der Waals surface area contributed by atoms with Gasteiger partial charge in [0.2, 0.25) is 5.91 Å². The molecule has 0 atom stereocenters. The summed E-state index contributed by atoms with van der Waals surface area (Å²) in [4.78, 5) is 24.0. The SMILES string of the molecule is O=C(/C=C/c1cn(Cc2ccccc2)cn1)N(C/C=C/c1cn(Cc2ccccc2)cn1)Cc1ccccc1. The molecule has 0 fully saturated rings. The molecule has 5 rings (SSSR count). The first-order valence-electron chi connectivity index (χ1n) is 13.0. The molecule has 0 aliphatic heterocycles. The lowest BCUT2D eigenvalue weighted by atomic mass is 10.2. The van der Waals surface area contributed by atoms with Crippen LogP contribution in [0.15, 0.2) is 128 Å². The molecule has 1 amide bonds. The number of aromatic nitrogens is 4. The predicted octanol–water partition coefficient (Wildman–Crippen LogP) is 5.93. The molecular formula is C33H31N5O. The number of rotatable bonds is 11. The molecule has 194 valence electrons. The fourth-order valence-corrected chi connectivity index (χ4v) is 4.29. The van der Waals surface area contributed by atoms with Crippen molar-refractivity contribution < 1.29 is 4.79 Å². The highest BCUT2D eigenvalue weighted by Crippen LogP contribution is 2.10. The van der Waals surface area contributed by atoms with E-state index in [2.05, 4.69) is 38.8 Å². The molecule has 5 aromatic rings. The summed E-state index contributed by atoms with van der Waals surface area (Å²) in [5.74, 6) is -0.0734. The van der Waals surface area contributed by atoms with Crippen LogP contribution in [0.1, 0.15) is 28.1 Å². The minimum atomic E-state index is -0.0734. The molecule has 0 saturated carbocycles. The van der Waals surface area contributed by atoms with E-state index >= 15 is 0 Å². The highest BCUT2D eigenvalue weighted by atomic mass is 16.2. The number of carbonyl (C=O) groups is 1. The maximum Gasteiger partial charge on any atom is 0.247 e. The molecule has 0 saturated heterocycles. The number of carbonyl (C=O) groups excluding carboxylic acids is 1. The summed E-state index contributed by atoms with van der Waals surface area (Å²) < 4.78 is 4.07. The maximum atomic E-state index is 13.2. The lowest BCUT2D eigenvalue weighted by Gasteiger charge is -2.19. The highest BCUT2D eigenvalue weighted by Gasteiger charge is 2.10. The Balaban J connectivity index is 1.23. The third kappa shape index (κ3) is 7.76. The first-order chi connectivity index (χ1) is 19.2. The Kier molecular flexibility index (Phi) is 8.57. The third-order valence-electron chi connectivity index (χ3n) is 6.26. The summed E-state index contributed by atoms with van der Waals surface area (Å²) in [5, 5.41) is 0. The summed E-state index contributed by atoms with van der Waals surface area (Å²) in [6, 6.07) is 30.5. The van der Waals surface area contributed by atoms with E-state index in [1.165, 1.54) is 11.1 Å². The Morgan fingerprint density at radius 2 is 1.15 bits per heavy atom. The zero-order valence-electron chi connectivity index (χ0n) is 21.8. The largest absolute Gasteiger partial charge is 0.332 e. The van der Waals surface area contributed by atoms with Gasteiger partial charge in [0.25, 0.3) is 0 Å². The fraction of sp³-hybridized carbons (Fsp3) is 0.121. The Morgan fingerprint density at radius 1 is 0.667 bits per heavy atom. The van der Waals surface area contributed by atoms with Gasteiger partial charge >= 0.3 is 0 Å². The van der Waals surface area contributed by atoms with Crippen LogP contribution in [0, 0.1) is 0 Å². The van der Waals surface area contributed by atoms with Crippen LogP contribution in [0.5, 0.6) is 0 Å². The van der Waals surface area contributed by atoms with Crippen molar-refractivity contribution in [2.75, 3.05) is 6.54 Å². The van der Waals surface area contributed by atoms with Gasteiger partial charge in [0.15, 0.2) is 0 Å². The lowest BCUT2D eigenvalue weighted by molar-refractivity contribution is -0.126. The zero-order chi connectivity index (χ0) is 26.7. The van der Waals surface area contributed by atoms with Gasteiger partial charge < -0.3 is 14.0 Å². The molecule has 0 N–H and O–H groups in total. The van der Waals surface area contributed by atoms with Crippen LogP contribution in [0.4, 0.5) is 0 Å². The number of amides is 1. The first-order valence-corrected chi connectivity index (χ1v) is 13.0. The molecule has 2 aromatic heterocycles. The molecule has 3 aromatic carbocycles. The van der Waals surface area contributed by atoms with Crippen LogP contribution in [-0.2, 0) is 24.4 Å². The lowest BCUT2D eigenvalue weighted by Crippen LogP contribution is -2.29. The number of nitrogens with zero attached hydrogens (tertiary/aromatic N) is 5. The third-order valence-corrected chi connectivity index (χ3v) is 6.26. The molecule has 0 unspecified atom stereocenters. The maximum absolute atomic E-state index is 13.2. The van der Waals surface area contributed by atoms with Gasteiger partial charge in [-0.15, -0.1) is 0 Å². The molecule has 2 heterocycles. The zero-order valence-corrected chi connectivity index (χ0v) is 21.8. The second-order valence-corrected chi connectivity index (χ2v) is 9.35. The van der Waals surface area contributed by atoms with Crippen molar-refractivity contribution in [2.45, 2.75) is 19.6 Å². The number of hydrogen-bond donors (Lipinski definition) is 0. The van der Waals surface area contributed by atoms with Crippen LogP contribution < -0.4 is 0 Å². The van der Waals surface area contributed by atoms with Crippen molar-refractivity contribution in [1.82, 2.24) is 24.0 Å². The van der Waals surface area contributed by atoms with Crippen molar-refractivity contribution in [3.63, 3.8) is 0 Å². The summed E-state index contributed by atoms with van der Waals surface area (Å²) >= 11 is 0. The molecule has 6 nitrogen and oxygen atoms in total. The number of hydrogen-bond acceptors (Lipinski definition) is 3. The second kappa shape index (κ2) is 13.0. The molecule has 0 bridgehead atoms. The van der Waals surface area contributed by atoms with E-state index in [9.17, 15) is 4.79 Å². The van der Waals surface area contributed by atoms with Crippen LogP contribution in [0.3, 0.4) is 0 Å². The number of imidazole rings is 2. The quantitative estimate of drug-likeness (QED) is 0.206. The van der Waals surface area contributed by atoms with E-state index in [0.717, 1.165) is 30.0 Å².